The van der Waals surface area contributed by atoms with E-state index in [1.165, 1.54) is 22.3 Å². The Hall–Kier alpha value is -2.78. The second-order valence-electron chi connectivity index (χ2n) is 7.86. The Morgan fingerprint density at radius 1 is 0.862 bits per heavy atom. The summed E-state index contributed by atoms with van der Waals surface area (Å²) in [5.74, 6) is 1.91. The van der Waals surface area contributed by atoms with Gasteiger partial charge >= 0.3 is 0 Å². The van der Waals surface area contributed by atoms with Gasteiger partial charge in [-0.3, -0.25) is 0 Å². The van der Waals surface area contributed by atoms with Crippen LogP contribution in [0.25, 0.3) is 0 Å². The highest BCUT2D eigenvalue weighted by Crippen LogP contribution is 2.39. The van der Waals surface area contributed by atoms with Gasteiger partial charge in [-0.2, -0.15) is 0 Å². The molecule has 0 aliphatic carbocycles. The van der Waals surface area contributed by atoms with E-state index >= 15 is 0 Å². The molecule has 3 heteroatoms. The molecule has 0 aromatic heterocycles. The Labute approximate surface area is 173 Å². The van der Waals surface area contributed by atoms with Gasteiger partial charge in [0.25, 0.3) is 0 Å². The average molecular weight is 388 g/mol. The number of nitrogens with zero attached hydrogens (tertiary/aromatic N) is 1. The molecule has 29 heavy (non-hydrogen) atoms. The summed E-state index contributed by atoms with van der Waals surface area (Å²) in [7, 11) is 5.68. The lowest BCUT2D eigenvalue weighted by Gasteiger charge is -2.28. The SMILES string of the molecule is COc1cc2c(cc1OC)[C@H](c1ccccc1)CN(C)C(Cc1ccccc1)C2. The van der Waals surface area contributed by atoms with Crippen molar-refractivity contribution in [3.8, 4) is 11.5 Å². The first-order valence-electron chi connectivity index (χ1n) is 10.2. The normalized spacial score (nSPS) is 19.3. The Morgan fingerprint density at radius 3 is 2.14 bits per heavy atom. The van der Waals surface area contributed by atoms with E-state index in [-0.39, 0.29) is 0 Å². The Bertz CT molecular complexity index is 940. The van der Waals surface area contributed by atoms with Crippen molar-refractivity contribution in [1.82, 2.24) is 4.90 Å². The standard InChI is InChI=1S/C26H29NO2/c1-27-18-24(20-12-8-5-9-13-20)23-17-26(29-3)25(28-2)16-21(23)15-22(27)14-19-10-6-4-7-11-19/h4-13,16-17,22,24H,14-15,18H2,1-3H3/t22?,24-/m0/s1. The highest BCUT2D eigenvalue weighted by atomic mass is 16.5. The van der Waals surface area contributed by atoms with Gasteiger partial charge in [0, 0.05) is 18.5 Å². The van der Waals surface area contributed by atoms with Crippen molar-refractivity contribution in [2.75, 3.05) is 27.8 Å². The van der Waals surface area contributed by atoms with Crippen molar-refractivity contribution in [3.63, 3.8) is 0 Å². The molecule has 1 heterocycles. The smallest absolute Gasteiger partial charge is 0.161 e. The molecule has 3 aromatic carbocycles. The number of rotatable bonds is 5. The fraction of sp³-hybridized carbons (Fsp3) is 0.308. The van der Waals surface area contributed by atoms with Crippen LogP contribution in [0.15, 0.2) is 72.8 Å². The van der Waals surface area contributed by atoms with E-state index in [2.05, 4.69) is 84.7 Å². The molecular formula is C26H29NO2. The second-order valence-corrected chi connectivity index (χ2v) is 7.86. The fourth-order valence-corrected chi connectivity index (χ4v) is 4.47. The molecule has 0 saturated heterocycles. The summed E-state index contributed by atoms with van der Waals surface area (Å²) >= 11 is 0. The van der Waals surface area contributed by atoms with E-state index in [0.717, 1.165) is 30.9 Å². The molecular weight excluding hydrogens is 358 g/mol. The number of methoxy groups -OCH3 is 2. The minimum absolute atomic E-state index is 0.303. The number of benzene rings is 3. The van der Waals surface area contributed by atoms with E-state index in [9.17, 15) is 0 Å². The van der Waals surface area contributed by atoms with E-state index in [0.29, 0.717) is 12.0 Å². The zero-order valence-corrected chi connectivity index (χ0v) is 17.5. The van der Waals surface area contributed by atoms with E-state index in [1.807, 2.05) is 0 Å². The molecule has 3 aromatic rings. The lowest BCUT2D eigenvalue weighted by atomic mass is 9.87. The predicted molar refractivity (Wildman–Crippen MR) is 118 cm³/mol. The zero-order chi connectivity index (χ0) is 20.2. The monoisotopic (exact) mass is 387 g/mol. The maximum absolute atomic E-state index is 5.64. The molecule has 1 aliphatic heterocycles. The number of hydrogen-bond donors (Lipinski definition) is 0. The summed E-state index contributed by atoms with van der Waals surface area (Å²) in [5, 5.41) is 0. The van der Waals surface area contributed by atoms with Crippen LogP contribution in [0.2, 0.25) is 0 Å². The summed E-state index contributed by atoms with van der Waals surface area (Å²) in [6.07, 6.45) is 2.02. The first-order valence-corrected chi connectivity index (χ1v) is 10.2. The van der Waals surface area contributed by atoms with Gasteiger partial charge < -0.3 is 14.4 Å². The van der Waals surface area contributed by atoms with Crippen LogP contribution in [0.1, 0.15) is 28.2 Å². The molecule has 0 N–H and O–H groups in total. The van der Waals surface area contributed by atoms with Crippen LogP contribution in [0.5, 0.6) is 11.5 Å². The molecule has 0 amide bonds. The summed E-state index contributed by atoms with van der Waals surface area (Å²) in [4.78, 5) is 2.52. The van der Waals surface area contributed by atoms with Crippen LogP contribution < -0.4 is 9.47 Å². The number of ether oxygens (including phenoxy) is 2. The first-order chi connectivity index (χ1) is 14.2. The van der Waals surface area contributed by atoms with Crippen molar-refractivity contribution in [1.29, 1.82) is 0 Å². The third kappa shape index (κ3) is 4.15. The number of hydrogen-bond acceptors (Lipinski definition) is 3. The van der Waals surface area contributed by atoms with E-state index in [1.54, 1.807) is 14.2 Å². The van der Waals surface area contributed by atoms with Crippen molar-refractivity contribution >= 4 is 0 Å². The van der Waals surface area contributed by atoms with Gasteiger partial charge in [0.2, 0.25) is 0 Å². The van der Waals surface area contributed by atoms with Crippen LogP contribution >= 0.6 is 0 Å². The van der Waals surface area contributed by atoms with Crippen molar-refractivity contribution < 1.29 is 9.47 Å². The minimum Gasteiger partial charge on any atom is -0.493 e. The van der Waals surface area contributed by atoms with Gasteiger partial charge in [-0.05, 0) is 54.3 Å². The van der Waals surface area contributed by atoms with Gasteiger partial charge in [0.05, 0.1) is 14.2 Å². The third-order valence-corrected chi connectivity index (χ3v) is 6.09. The third-order valence-electron chi connectivity index (χ3n) is 6.09. The molecule has 0 saturated carbocycles. The predicted octanol–water partition coefficient (Wildman–Crippen LogP) is 4.93. The molecule has 2 atom stereocenters. The van der Waals surface area contributed by atoms with Crippen molar-refractivity contribution in [3.05, 3.63) is 95.1 Å². The van der Waals surface area contributed by atoms with Crippen LogP contribution in [-0.2, 0) is 12.8 Å². The molecule has 0 radical (unpaired) electrons. The number of fused-ring (bicyclic) bond motifs is 1. The molecule has 3 nitrogen and oxygen atoms in total. The molecule has 0 spiro atoms. The zero-order valence-electron chi connectivity index (χ0n) is 17.5. The summed E-state index contributed by atoms with van der Waals surface area (Å²) in [6, 6.07) is 26.4. The first kappa shape index (κ1) is 19.5. The average Bonchev–Trinajstić information content (AvgIpc) is 2.90. The highest BCUT2D eigenvalue weighted by molar-refractivity contribution is 5.51. The summed E-state index contributed by atoms with van der Waals surface area (Å²) in [6.45, 7) is 0.976. The maximum Gasteiger partial charge on any atom is 0.161 e. The Morgan fingerprint density at radius 2 is 1.48 bits per heavy atom. The molecule has 4 rings (SSSR count). The van der Waals surface area contributed by atoms with Crippen LogP contribution in [0.4, 0.5) is 0 Å². The molecule has 150 valence electrons. The second kappa shape index (κ2) is 8.71. The molecule has 1 unspecified atom stereocenters. The topological polar surface area (TPSA) is 21.7 Å². The van der Waals surface area contributed by atoms with Gasteiger partial charge in [-0.25, -0.2) is 0 Å². The molecule has 0 fully saturated rings. The quantitative estimate of drug-likeness (QED) is 0.619. The Kier molecular flexibility index (Phi) is 5.86. The molecule has 0 bridgehead atoms. The van der Waals surface area contributed by atoms with Crippen molar-refractivity contribution in [2.24, 2.45) is 0 Å². The Balaban J connectivity index is 1.77. The lowest BCUT2D eigenvalue weighted by Crippen LogP contribution is -2.36. The van der Waals surface area contributed by atoms with Crippen LogP contribution in [0, 0.1) is 0 Å². The summed E-state index contributed by atoms with van der Waals surface area (Å²) in [5.41, 5.74) is 5.41. The van der Waals surface area contributed by atoms with Crippen LogP contribution in [-0.4, -0.2) is 38.8 Å². The van der Waals surface area contributed by atoms with E-state index < -0.39 is 0 Å². The minimum atomic E-state index is 0.303. The van der Waals surface area contributed by atoms with Crippen molar-refractivity contribution in [2.45, 2.75) is 24.8 Å². The van der Waals surface area contributed by atoms with E-state index in [4.69, 9.17) is 9.47 Å². The number of likely N-dealkylation sites (N-methyl/N-ethyl adjacent to an activating group) is 1. The lowest BCUT2D eigenvalue weighted by molar-refractivity contribution is 0.240. The largest absolute Gasteiger partial charge is 0.493 e. The fourth-order valence-electron chi connectivity index (χ4n) is 4.47. The van der Waals surface area contributed by atoms with Gasteiger partial charge in [-0.1, -0.05) is 60.7 Å². The van der Waals surface area contributed by atoms with Gasteiger partial charge in [-0.15, -0.1) is 0 Å². The maximum atomic E-state index is 5.64. The van der Waals surface area contributed by atoms with Gasteiger partial charge in [0.15, 0.2) is 11.5 Å². The van der Waals surface area contributed by atoms with Gasteiger partial charge in [0.1, 0.15) is 0 Å². The van der Waals surface area contributed by atoms with Crippen LogP contribution in [0.3, 0.4) is 0 Å². The molecule has 1 aliphatic rings. The summed E-state index contributed by atoms with van der Waals surface area (Å²) < 4.78 is 11.3. The highest BCUT2D eigenvalue weighted by Gasteiger charge is 2.30.